The molecule has 1 fully saturated rings. The summed E-state index contributed by atoms with van der Waals surface area (Å²) < 4.78 is 36.9. The van der Waals surface area contributed by atoms with Gasteiger partial charge in [-0.15, -0.1) is 0 Å². The van der Waals surface area contributed by atoms with Gasteiger partial charge in [-0.05, 0) is 37.6 Å². The molecule has 33 heavy (non-hydrogen) atoms. The van der Waals surface area contributed by atoms with Crippen molar-refractivity contribution in [1.29, 1.82) is 5.26 Å². The summed E-state index contributed by atoms with van der Waals surface area (Å²) in [4.78, 5) is 11.0. The Morgan fingerprint density at radius 3 is 2.52 bits per heavy atom. The Morgan fingerprint density at radius 1 is 1.15 bits per heavy atom. The van der Waals surface area contributed by atoms with Crippen LogP contribution in [0.3, 0.4) is 0 Å². The van der Waals surface area contributed by atoms with Crippen molar-refractivity contribution < 1.29 is 17.9 Å². The number of hydrogen-bond acceptors (Lipinski definition) is 8. The zero-order chi connectivity index (χ0) is 23.8. The fourth-order valence-corrected chi connectivity index (χ4v) is 4.75. The molecule has 9 nitrogen and oxygen atoms in total. The molecule has 3 heterocycles. The Bertz CT molecular complexity index is 1340. The van der Waals surface area contributed by atoms with Gasteiger partial charge < -0.3 is 14.4 Å². The number of fused-ring (bicyclic) bond motifs is 1. The SMILES string of the molecule is COc1ncc(-c2ccc3ncc(C#N)c(N4C(C)COCC4C)c3c2)cc1NS(C)(=O)=O. The van der Waals surface area contributed by atoms with E-state index in [4.69, 9.17) is 9.47 Å². The molecule has 1 N–H and O–H groups in total. The normalized spacial score (nSPS) is 18.7. The monoisotopic (exact) mass is 467 g/mol. The Labute approximate surface area is 193 Å². The molecule has 0 bridgehead atoms. The molecular formula is C23H25N5O4S. The second-order valence-electron chi connectivity index (χ2n) is 8.16. The van der Waals surface area contributed by atoms with Crippen molar-refractivity contribution in [2.24, 2.45) is 0 Å². The highest BCUT2D eigenvalue weighted by Crippen LogP contribution is 2.37. The molecule has 172 valence electrons. The van der Waals surface area contributed by atoms with Crippen molar-refractivity contribution in [3.63, 3.8) is 0 Å². The number of sulfonamides is 1. The van der Waals surface area contributed by atoms with Crippen molar-refractivity contribution in [3.05, 3.63) is 42.2 Å². The first-order chi connectivity index (χ1) is 15.7. The summed E-state index contributed by atoms with van der Waals surface area (Å²) in [5.74, 6) is 0.176. The number of hydrogen-bond donors (Lipinski definition) is 1. The molecular weight excluding hydrogens is 442 g/mol. The fraction of sp³-hybridized carbons (Fsp3) is 0.348. The highest BCUT2D eigenvalue weighted by Gasteiger charge is 2.29. The molecule has 1 aliphatic rings. The van der Waals surface area contributed by atoms with E-state index < -0.39 is 10.0 Å². The van der Waals surface area contributed by atoms with Crippen molar-refractivity contribution in [2.75, 3.05) is 36.2 Å². The van der Waals surface area contributed by atoms with E-state index in [1.54, 1.807) is 18.5 Å². The minimum atomic E-state index is -3.52. The van der Waals surface area contributed by atoms with Gasteiger partial charge in [0.1, 0.15) is 11.8 Å². The lowest BCUT2D eigenvalue weighted by molar-refractivity contribution is 0.0758. The number of ether oxygens (including phenoxy) is 2. The molecule has 2 aromatic heterocycles. The van der Waals surface area contributed by atoms with E-state index in [1.165, 1.54) is 7.11 Å². The molecule has 0 spiro atoms. The average molecular weight is 468 g/mol. The Morgan fingerprint density at radius 2 is 1.88 bits per heavy atom. The number of nitriles is 1. The van der Waals surface area contributed by atoms with Crippen LogP contribution in [-0.2, 0) is 14.8 Å². The van der Waals surface area contributed by atoms with Gasteiger partial charge in [-0.1, -0.05) is 6.07 Å². The lowest BCUT2D eigenvalue weighted by Crippen LogP contribution is -2.50. The third-order valence-electron chi connectivity index (χ3n) is 5.56. The number of rotatable bonds is 5. The number of nitrogens with zero attached hydrogens (tertiary/aromatic N) is 4. The molecule has 0 saturated carbocycles. The van der Waals surface area contributed by atoms with E-state index in [0.29, 0.717) is 24.3 Å². The first-order valence-corrected chi connectivity index (χ1v) is 12.3. The van der Waals surface area contributed by atoms with Crippen LogP contribution in [0.15, 0.2) is 36.7 Å². The first-order valence-electron chi connectivity index (χ1n) is 10.4. The van der Waals surface area contributed by atoms with Crippen LogP contribution in [0.4, 0.5) is 11.4 Å². The maximum absolute atomic E-state index is 11.8. The lowest BCUT2D eigenvalue weighted by Gasteiger charge is -2.41. The van der Waals surface area contributed by atoms with Gasteiger partial charge >= 0.3 is 0 Å². The minimum absolute atomic E-state index is 0.0864. The van der Waals surface area contributed by atoms with Gasteiger partial charge in [0.25, 0.3) is 0 Å². The van der Waals surface area contributed by atoms with Crippen LogP contribution >= 0.6 is 0 Å². The van der Waals surface area contributed by atoms with E-state index in [1.807, 2.05) is 18.2 Å². The Kier molecular flexibility index (Phi) is 6.10. The van der Waals surface area contributed by atoms with Crippen molar-refractivity contribution in [1.82, 2.24) is 9.97 Å². The van der Waals surface area contributed by atoms with Crippen molar-refractivity contribution >= 4 is 32.3 Å². The van der Waals surface area contributed by atoms with E-state index in [-0.39, 0.29) is 23.7 Å². The molecule has 1 aliphatic heterocycles. The summed E-state index contributed by atoms with van der Waals surface area (Å²) in [6, 6.07) is 9.87. The summed E-state index contributed by atoms with van der Waals surface area (Å²) in [5, 5.41) is 10.7. The molecule has 3 aromatic rings. The standard InChI is InChI=1S/C23H25N5O4S/c1-14-12-32-13-15(2)28(14)22-18(9-24)11-25-20-6-5-16(7-19(20)22)17-8-21(27-33(4,29)30)23(31-3)26-10-17/h5-8,10-11,14-15,27H,12-13H2,1-4H3. The molecule has 1 aromatic carbocycles. The number of nitrogens with one attached hydrogen (secondary N) is 1. The van der Waals surface area contributed by atoms with Gasteiger partial charge in [0.15, 0.2) is 0 Å². The third-order valence-corrected chi connectivity index (χ3v) is 6.15. The van der Waals surface area contributed by atoms with Crippen LogP contribution in [0.1, 0.15) is 19.4 Å². The predicted molar refractivity (Wildman–Crippen MR) is 127 cm³/mol. The Hall–Kier alpha value is -3.42. The quantitative estimate of drug-likeness (QED) is 0.608. The molecule has 0 radical (unpaired) electrons. The van der Waals surface area contributed by atoms with E-state index >= 15 is 0 Å². The van der Waals surface area contributed by atoms with E-state index in [9.17, 15) is 13.7 Å². The second-order valence-corrected chi connectivity index (χ2v) is 9.91. The van der Waals surface area contributed by atoms with Crippen LogP contribution < -0.4 is 14.4 Å². The van der Waals surface area contributed by atoms with Crippen LogP contribution in [0.2, 0.25) is 0 Å². The molecule has 2 atom stereocenters. The molecule has 0 aliphatic carbocycles. The third kappa shape index (κ3) is 4.55. The summed E-state index contributed by atoms with van der Waals surface area (Å²) in [5.41, 5.74) is 3.82. The van der Waals surface area contributed by atoms with Crippen LogP contribution in [0.25, 0.3) is 22.0 Å². The molecule has 4 rings (SSSR count). The van der Waals surface area contributed by atoms with Gasteiger partial charge in [0.2, 0.25) is 15.9 Å². The van der Waals surface area contributed by atoms with Gasteiger partial charge in [-0.3, -0.25) is 9.71 Å². The van der Waals surface area contributed by atoms with E-state index in [0.717, 1.165) is 28.4 Å². The van der Waals surface area contributed by atoms with Gasteiger partial charge in [0, 0.05) is 35.4 Å². The maximum atomic E-state index is 11.8. The molecule has 1 saturated heterocycles. The summed E-state index contributed by atoms with van der Waals surface area (Å²) in [6.07, 6.45) is 4.30. The van der Waals surface area contributed by atoms with Gasteiger partial charge in [-0.2, -0.15) is 5.26 Å². The zero-order valence-corrected chi connectivity index (χ0v) is 19.7. The summed E-state index contributed by atoms with van der Waals surface area (Å²) >= 11 is 0. The number of pyridine rings is 2. The van der Waals surface area contributed by atoms with Crippen LogP contribution in [-0.4, -0.2) is 57.0 Å². The minimum Gasteiger partial charge on any atom is -0.480 e. The fourth-order valence-electron chi connectivity index (χ4n) is 4.21. The largest absolute Gasteiger partial charge is 0.480 e. The van der Waals surface area contributed by atoms with Gasteiger partial charge in [0.05, 0.1) is 43.3 Å². The van der Waals surface area contributed by atoms with Crippen molar-refractivity contribution in [3.8, 4) is 23.1 Å². The number of anilines is 2. The molecule has 2 unspecified atom stereocenters. The highest BCUT2D eigenvalue weighted by atomic mass is 32.2. The summed E-state index contributed by atoms with van der Waals surface area (Å²) in [6.45, 7) is 5.29. The number of morpholine rings is 1. The van der Waals surface area contributed by atoms with Crippen LogP contribution in [0, 0.1) is 11.3 Å². The maximum Gasteiger partial charge on any atom is 0.238 e. The van der Waals surface area contributed by atoms with Gasteiger partial charge in [-0.25, -0.2) is 13.4 Å². The number of methoxy groups -OCH3 is 1. The highest BCUT2D eigenvalue weighted by molar-refractivity contribution is 7.92. The smallest absolute Gasteiger partial charge is 0.238 e. The molecule has 10 heteroatoms. The number of benzene rings is 1. The summed E-state index contributed by atoms with van der Waals surface area (Å²) in [7, 11) is -2.09. The average Bonchev–Trinajstić information content (AvgIpc) is 2.77. The number of aromatic nitrogens is 2. The Balaban J connectivity index is 1.90. The van der Waals surface area contributed by atoms with Crippen LogP contribution in [0.5, 0.6) is 5.88 Å². The second kappa shape index (κ2) is 8.84. The zero-order valence-electron chi connectivity index (χ0n) is 18.9. The predicted octanol–water partition coefficient (Wildman–Crippen LogP) is 3.16. The van der Waals surface area contributed by atoms with E-state index in [2.05, 4.69) is 39.5 Å². The first kappa shape index (κ1) is 22.8. The van der Waals surface area contributed by atoms with Crippen molar-refractivity contribution in [2.45, 2.75) is 25.9 Å². The topological polar surface area (TPSA) is 117 Å². The lowest BCUT2D eigenvalue weighted by atomic mass is 10.00. The molecule has 0 amide bonds.